The summed E-state index contributed by atoms with van der Waals surface area (Å²) in [6, 6.07) is 11.5. The van der Waals surface area contributed by atoms with Gasteiger partial charge in [0.05, 0.1) is 12.6 Å². The van der Waals surface area contributed by atoms with Gasteiger partial charge in [0, 0.05) is 24.2 Å². The third kappa shape index (κ3) is 5.67. The maximum absolute atomic E-state index is 13.0. The first kappa shape index (κ1) is 24.2. The second-order valence-electron chi connectivity index (χ2n) is 8.82. The molecule has 32 heavy (non-hydrogen) atoms. The summed E-state index contributed by atoms with van der Waals surface area (Å²) >= 11 is 0. The molecule has 2 heterocycles. The number of carbonyl (C=O) groups excluding carboxylic acids is 2. The molecule has 7 heteroatoms. The van der Waals surface area contributed by atoms with Crippen LogP contribution in [0.25, 0.3) is 0 Å². The molecule has 0 atom stereocenters. The monoisotopic (exact) mass is 460 g/mol. The van der Waals surface area contributed by atoms with Crippen molar-refractivity contribution in [2.75, 3.05) is 26.2 Å². The van der Waals surface area contributed by atoms with E-state index in [4.69, 9.17) is 4.74 Å². The van der Waals surface area contributed by atoms with Crippen molar-refractivity contribution in [1.29, 1.82) is 0 Å². The highest BCUT2D eigenvalue weighted by molar-refractivity contribution is 5.99. The lowest BCUT2D eigenvalue weighted by Gasteiger charge is -2.33. The maximum Gasteiger partial charge on any atom is 0.254 e. The van der Waals surface area contributed by atoms with E-state index in [0.717, 1.165) is 49.4 Å². The van der Waals surface area contributed by atoms with Crippen molar-refractivity contribution in [1.82, 2.24) is 9.80 Å². The third-order valence-corrected chi connectivity index (χ3v) is 6.05. The van der Waals surface area contributed by atoms with Gasteiger partial charge in [-0.15, -0.1) is 12.4 Å². The van der Waals surface area contributed by atoms with Crippen molar-refractivity contribution in [3.05, 3.63) is 65.0 Å². The van der Waals surface area contributed by atoms with Gasteiger partial charge in [0.25, 0.3) is 5.91 Å². The number of likely N-dealkylation sites (tertiary alicyclic amines) is 1. The Labute approximate surface area is 194 Å². The standard InChI is InChI=1S/C25H29FN2O3.ClH/c1-17(2)31-22-8-5-20-15-28(25(30)23(20)13-22)14-18-9-11-27(12-10-18)16-24(29)19-3-6-21(26)7-4-19;/h3-8,13,17-18H,9-12,14-16H2,1-2H3;1H. The van der Waals surface area contributed by atoms with Gasteiger partial charge < -0.3 is 9.64 Å². The van der Waals surface area contributed by atoms with Crippen LogP contribution in [-0.4, -0.2) is 53.8 Å². The summed E-state index contributed by atoms with van der Waals surface area (Å²) in [6.45, 7) is 7.36. The summed E-state index contributed by atoms with van der Waals surface area (Å²) < 4.78 is 18.8. The Hall–Kier alpha value is -2.44. The molecule has 5 nitrogen and oxygen atoms in total. The Morgan fingerprint density at radius 1 is 1.12 bits per heavy atom. The van der Waals surface area contributed by atoms with Crippen LogP contribution in [0, 0.1) is 11.7 Å². The molecule has 2 aliphatic heterocycles. The molecule has 1 saturated heterocycles. The number of piperidine rings is 1. The zero-order chi connectivity index (χ0) is 22.0. The summed E-state index contributed by atoms with van der Waals surface area (Å²) in [7, 11) is 0. The highest BCUT2D eigenvalue weighted by atomic mass is 35.5. The smallest absolute Gasteiger partial charge is 0.254 e. The highest BCUT2D eigenvalue weighted by Crippen LogP contribution is 2.29. The van der Waals surface area contributed by atoms with Crippen LogP contribution in [0.2, 0.25) is 0 Å². The summed E-state index contributed by atoms with van der Waals surface area (Å²) in [6.07, 6.45) is 1.99. The molecule has 0 aliphatic carbocycles. The minimum Gasteiger partial charge on any atom is -0.491 e. The Morgan fingerprint density at radius 2 is 1.81 bits per heavy atom. The molecule has 0 bridgehead atoms. The van der Waals surface area contributed by atoms with Crippen molar-refractivity contribution >= 4 is 24.1 Å². The van der Waals surface area contributed by atoms with E-state index >= 15 is 0 Å². The summed E-state index contributed by atoms with van der Waals surface area (Å²) in [5, 5.41) is 0. The topological polar surface area (TPSA) is 49.9 Å². The lowest BCUT2D eigenvalue weighted by atomic mass is 9.95. The van der Waals surface area contributed by atoms with E-state index in [1.807, 2.05) is 36.9 Å². The average molecular weight is 461 g/mol. The molecule has 1 fully saturated rings. The average Bonchev–Trinajstić information content (AvgIpc) is 3.04. The lowest BCUT2D eigenvalue weighted by Crippen LogP contribution is -2.40. The predicted octanol–water partition coefficient (Wildman–Crippen LogP) is 4.59. The van der Waals surface area contributed by atoms with Crippen LogP contribution in [-0.2, 0) is 6.54 Å². The first-order valence-electron chi connectivity index (χ1n) is 11.0. The quantitative estimate of drug-likeness (QED) is 0.567. The normalized spacial score (nSPS) is 16.8. The van der Waals surface area contributed by atoms with Crippen molar-refractivity contribution in [2.45, 2.75) is 39.3 Å². The molecule has 172 valence electrons. The minimum absolute atomic E-state index is 0. The molecule has 4 rings (SSSR count). The molecule has 0 radical (unpaired) electrons. The largest absolute Gasteiger partial charge is 0.491 e. The van der Waals surface area contributed by atoms with Gasteiger partial charge in [0.1, 0.15) is 11.6 Å². The molecule has 0 saturated carbocycles. The van der Waals surface area contributed by atoms with Crippen LogP contribution in [0.4, 0.5) is 4.39 Å². The second kappa shape index (κ2) is 10.5. The van der Waals surface area contributed by atoms with Crippen LogP contribution in [0.1, 0.15) is 53.0 Å². The first-order chi connectivity index (χ1) is 14.9. The molecule has 2 aromatic rings. The molecule has 0 unspecified atom stereocenters. The fourth-order valence-electron chi connectivity index (χ4n) is 4.40. The number of Topliss-reactive ketones (excluding diaryl/α,β-unsaturated/α-hetero) is 1. The molecule has 0 aromatic heterocycles. The molecule has 0 N–H and O–H groups in total. The number of ether oxygens (including phenoxy) is 1. The zero-order valence-electron chi connectivity index (χ0n) is 18.6. The maximum atomic E-state index is 13.0. The van der Waals surface area contributed by atoms with Crippen LogP contribution < -0.4 is 4.74 Å². The Balaban J connectivity index is 0.00000289. The molecule has 0 spiro atoms. The Morgan fingerprint density at radius 3 is 2.47 bits per heavy atom. The minimum atomic E-state index is -0.334. The molecule has 1 amide bonds. The van der Waals surface area contributed by atoms with Gasteiger partial charge in [-0.25, -0.2) is 4.39 Å². The number of ketones is 1. The summed E-state index contributed by atoms with van der Waals surface area (Å²) in [4.78, 5) is 29.4. The van der Waals surface area contributed by atoms with Crippen LogP contribution >= 0.6 is 12.4 Å². The van der Waals surface area contributed by atoms with E-state index in [-0.39, 0.29) is 36.0 Å². The van der Waals surface area contributed by atoms with Crippen molar-refractivity contribution < 1.29 is 18.7 Å². The number of amides is 1. The number of benzene rings is 2. The van der Waals surface area contributed by atoms with Crippen LogP contribution in [0.3, 0.4) is 0 Å². The van der Waals surface area contributed by atoms with Crippen LogP contribution in [0.5, 0.6) is 5.75 Å². The third-order valence-electron chi connectivity index (χ3n) is 6.05. The second-order valence-corrected chi connectivity index (χ2v) is 8.82. The number of carbonyl (C=O) groups is 2. The molecule has 2 aliphatic rings. The number of nitrogens with zero attached hydrogens (tertiary/aromatic N) is 2. The van der Waals surface area contributed by atoms with Gasteiger partial charge in [-0.1, -0.05) is 6.07 Å². The van der Waals surface area contributed by atoms with E-state index in [0.29, 0.717) is 24.6 Å². The van der Waals surface area contributed by atoms with Gasteiger partial charge in [-0.3, -0.25) is 14.5 Å². The number of halogens is 2. The number of rotatable bonds is 7. The fraction of sp³-hybridized carbons (Fsp3) is 0.440. The highest BCUT2D eigenvalue weighted by Gasteiger charge is 2.31. The van der Waals surface area contributed by atoms with Crippen molar-refractivity contribution in [3.63, 3.8) is 0 Å². The first-order valence-corrected chi connectivity index (χ1v) is 11.0. The van der Waals surface area contributed by atoms with Gasteiger partial charge in [0.2, 0.25) is 0 Å². The van der Waals surface area contributed by atoms with Gasteiger partial charge in [0.15, 0.2) is 5.78 Å². The number of hydrogen-bond acceptors (Lipinski definition) is 4. The van der Waals surface area contributed by atoms with E-state index < -0.39 is 0 Å². The van der Waals surface area contributed by atoms with Gasteiger partial charge in [-0.2, -0.15) is 0 Å². The zero-order valence-corrected chi connectivity index (χ0v) is 19.4. The van der Waals surface area contributed by atoms with E-state index in [1.54, 1.807) is 12.1 Å². The number of hydrogen-bond donors (Lipinski definition) is 0. The fourth-order valence-corrected chi connectivity index (χ4v) is 4.40. The Bertz CT molecular complexity index is 956. The van der Waals surface area contributed by atoms with E-state index in [1.165, 1.54) is 12.1 Å². The van der Waals surface area contributed by atoms with E-state index in [9.17, 15) is 14.0 Å². The van der Waals surface area contributed by atoms with Gasteiger partial charge >= 0.3 is 0 Å². The number of fused-ring (bicyclic) bond motifs is 1. The molecular weight excluding hydrogens is 431 g/mol. The van der Waals surface area contributed by atoms with Crippen molar-refractivity contribution in [3.8, 4) is 5.75 Å². The van der Waals surface area contributed by atoms with Gasteiger partial charge in [-0.05, 0) is 87.7 Å². The summed E-state index contributed by atoms with van der Waals surface area (Å²) in [5.74, 6) is 0.936. The lowest BCUT2D eigenvalue weighted by molar-refractivity contribution is 0.0707. The SMILES string of the molecule is CC(C)Oc1ccc2c(c1)C(=O)N(CC1CCN(CC(=O)c3ccc(F)cc3)CC1)C2.Cl. The summed E-state index contributed by atoms with van der Waals surface area (Å²) in [5.41, 5.74) is 2.36. The van der Waals surface area contributed by atoms with E-state index in [2.05, 4.69) is 4.90 Å². The molecular formula is C25H30ClFN2O3. The van der Waals surface area contributed by atoms with Crippen molar-refractivity contribution in [2.24, 2.45) is 5.92 Å². The predicted molar refractivity (Wildman–Crippen MR) is 124 cm³/mol. The Kier molecular flexibility index (Phi) is 7.91. The van der Waals surface area contributed by atoms with Crippen LogP contribution in [0.15, 0.2) is 42.5 Å². The molecule has 2 aromatic carbocycles.